The highest BCUT2D eigenvalue weighted by molar-refractivity contribution is 7.15. The molecule has 0 saturated carbocycles. The van der Waals surface area contributed by atoms with E-state index in [0.29, 0.717) is 23.5 Å². The van der Waals surface area contributed by atoms with Crippen LogP contribution in [-0.2, 0) is 4.79 Å². The first kappa shape index (κ1) is 20.6. The SMILES string of the molecule is Cc1ccc(N2C[C@H](c3nnc(NC(=O)c4cccc(C)c4[N+](=O)[O-])s3)CC2=O)cc1. The number of nitro benzene ring substituents is 1. The van der Waals surface area contributed by atoms with E-state index < -0.39 is 10.8 Å². The zero-order valence-electron chi connectivity index (χ0n) is 16.9. The molecular formula is C21H19N5O4S. The number of aryl methyl sites for hydroxylation is 2. The number of rotatable bonds is 5. The Morgan fingerprint density at radius 1 is 1.19 bits per heavy atom. The summed E-state index contributed by atoms with van der Waals surface area (Å²) in [5.41, 5.74) is 2.08. The lowest BCUT2D eigenvalue weighted by atomic mass is 10.1. The van der Waals surface area contributed by atoms with Crippen LogP contribution >= 0.6 is 11.3 Å². The maximum atomic E-state index is 12.6. The smallest absolute Gasteiger partial charge is 0.285 e. The number of nitrogens with zero attached hydrogens (tertiary/aromatic N) is 4. The number of amides is 2. The van der Waals surface area contributed by atoms with Crippen molar-refractivity contribution in [3.63, 3.8) is 0 Å². The molecule has 0 radical (unpaired) electrons. The first-order chi connectivity index (χ1) is 14.8. The zero-order valence-corrected chi connectivity index (χ0v) is 17.7. The van der Waals surface area contributed by atoms with E-state index in [9.17, 15) is 19.7 Å². The predicted octanol–water partition coefficient (Wildman–Crippen LogP) is 3.84. The highest BCUT2D eigenvalue weighted by atomic mass is 32.1. The summed E-state index contributed by atoms with van der Waals surface area (Å²) in [6, 6.07) is 12.3. The van der Waals surface area contributed by atoms with Gasteiger partial charge in [0, 0.05) is 30.1 Å². The highest BCUT2D eigenvalue weighted by Gasteiger charge is 2.34. The number of carbonyl (C=O) groups is 2. The van der Waals surface area contributed by atoms with Gasteiger partial charge in [0.1, 0.15) is 10.6 Å². The van der Waals surface area contributed by atoms with Crippen molar-refractivity contribution >= 4 is 39.7 Å². The third-order valence-corrected chi connectivity index (χ3v) is 6.15. The molecule has 1 aliphatic heterocycles. The molecule has 0 spiro atoms. The Labute approximate surface area is 181 Å². The van der Waals surface area contributed by atoms with Gasteiger partial charge in [-0.05, 0) is 32.0 Å². The van der Waals surface area contributed by atoms with Crippen molar-refractivity contribution in [1.29, 1.82) is 0 Å². The maximum absolute atomic E-state index is 12.6. The Bertz CT molecular complexity index is 1170. The molecule has 158 valence electrons. The predicted molar refractivity (Wildman–Crippen MR) is 117 cm³/mol. The number of anilines is 2. The summed E-state index contributed by atoms with van der Waals surface area (Å²) < 4.78 is 0. The molecule has 9 nitrogen and oxygen atoms in total. The van der Waals surface area contributed by atoms with Crippen molar-refractivity contribution in [2.75, 3.05) is 16.8 Å². The fraction of sp³-hybridized carbons (Fsp3) is 0.238. The number of carbonyl (C=O) groups excluding carboxylic acids is 2. The van der Waals surface area contributed by atoms with E-state index in [0.717, 1.165) is 11.3 Å². The van der Waals surface area contributed by atoms with E-state index in [1.54, 1.807) is 24.0 Å². The van der Waals surface area contributed by atoms with Crippen molar-refractivity contribution < 1.29 is 14.5 Å². The first-order valence-corrected chi connectivity index (χ1v) is 10.4. The van der Waals surface area contributed by atoms with Crippen LogP contribution in [-0.4, -0.2) is 33.5 Å². The molecule has 4 rings (SSSR count). The third kappa shape index (κ3) is 4.15. The van der Waals surface area contributed by atoms with E-state index in [2.05, 4.69) is 15.5 Å². The molecule has 1 atom stereocenters. The number of para-hydroxylation sites is 1. The second-order valence-corrected chi connectivity index (χ2v) is 8.38. The average molecular weight is 437 g/mol. The van der Waals surface area contributed by atoms with Gasteiger partial charge in [-0.1, -0.05) is 41.2 Å². The summed E-state index contributed by atoms with van der Waals surface area (Å²) in [5, 5.41) is 22.9. The topological polar surface area (TPSA) is 118 Å². The lowest BCUT2D eigenvalue weighted by molar-refractivity contribution is -0.385. The fourth-order valence-corrected chi connectivity index (χ4v) is 4.38. The number of nitro groups is 1. The second kappa shape index (κ2) is 8.23. The molecule has 2 heterocycles. The standard InChI is InChI=1S/C21H19N5O4S/c1-12-6-8-15(9-7-12)25-11-14(10-17(25)27)20-23-24-21(31-20)22-19(28)16-5-3-4-13(2)18(16)26(29)30/h3-9,14H,10-11H2,1-2H3,(H,22,24,28)/t14-/m1/s1. The normalized spacial score (nSPS) is 15.9. The Hall–Kier alpha value is -3.66. The monoisotopic (exact) mass is 437 g/mol. The molecule has 2 amide bonds. The van der Waals surface area contributed by atoms with Crippen LogP contribution in [0, 0.1) is 24.0 Å². The molecule has 0 bridgehead atoms. The minimum atomic E-state index is -0.623. The fourth-order valence-electron chi connectivity index (χ4n) is 3.55. The molecular weight excluding hydrogens is 418 g/mol. The molecule has 1 fully saturated rings. The third-order valence-electron chi connectivity index (χ3n) is 5.15. The average Bonchev–Trinajstić information content (AvgIpc) is 3.34. The Morgan fingerprint density at radius 2 is 1.94 bits per heavy atom. The van der Waals surface area contributed by atoms with Crippen LogP contribution in [0.5, 0.6) is 0 Å². The van der Waals surface area contributed by atoms with Gasteiger partial charge in [0.2, 0.25) is 11.0 Å². The van der Waals surface area contributed by atoms with E-state index in [1.165, 1.54) is 17.4 Å². The van der Waals surface area contributed by atoms with Gasteiger partial charge in [0.25, 0.3) is 11.6 Å². The number of nitrogens with one attached hydrogen (secondary N) is 1. The lowest BCUT2D eigenvalue weighted by Crippen LogP contribution is -2.24. The Morgan fingerprint density at radius 3 is 2.65 bits per heavy atom. The van der Waals surface area contributed by atoms with Crippen LogP contribution in [0.1, 0.15) is 38.8 Å². The van der Waals surface area contributed by atoms with Gasteiger partial charge in [-0.15, -0.1) is 10.2 Å². The van der Waals surface area contributed by atoms with Gasteiger partial charge in [-0.25, -0.2) is 0 Å². The van der Waals surface area contributed by atoms with Crippen LogP contribution in [0.2, 0.25) is 0 Å². The first-order valence-electron chi connectivity index (χ1n) is 9.59. The quantitative estimate of drug-likeness (QED) is 0.479. The minimum absolute atomic E-state index is 0.00465. The molecule has 2 aromatic carbocycles. The van der Waals surface area contributed by atoms with Gasteiger partial charge in [0.15, 0.2) is 0 Å². The van der Waals surface area contributed by atoms with Crippen LogP contribution in [0.15, 0.2) is 42.5 Å². The van der Waals surface area contributed by atoms with Crippen molar-refractivity contribution in [2.24, 2.45) is 0 Å². The van der Waals surface area contributed by atoms with Crippen LogP contribution < -0.4 is 10.2 Å². The molecule has 0 aliphatic carbocycles. The highest BCUT2D eigenvalue weighted by Crippen LogP contribution is 2.34. The zero-order chi connectivity index (χ0) is 22.1. The summed E-state index contributed by atoms with van der Waals surface area (Å²) in [7, 11) is 0. The molecule has 0 unspecified atom stereocenters. The molecule has 1 aromatic heterocycles. The van der Waals surface area contributed by atoms with Crippen LogP contribution in [0.4, 0.5) is 16.5 Å². The summed E-state index contributed by atoms with van der Waals surface area (Å²) in [5.74, 6) is -0.753. The number of hydrogen-bond donors (Lipinski definition) is 1. The molecule has 10 heteroatoms. The summed E-state index contributed by atoms with van der Waals surface area (Å²) in [4.78, 5) is 37.6. The van der Waals surface area contributed by atoms with E-state index >= 15 is 0 Å². The largest absolute Gasteiger partial charge is 0.312 e. The van der Waals surface area contributed by atoms with Crippen molar-refractivity contribution in [2.45, 2.75) is 26.2 Å². The lowest BCUT2D eigenvalue weighted by Gasteiger charge is -2.16. The number of benzene rings is 2. The van der Waals surface area contributed by atoms with Gasteiger partial charge in [-0.3, -0.25) is 25.0 Å². The van der Waals surface area contributed by atoms with E-state index in [4.69, 9.17) is 0 Å². The van der Waals surface area contributed by atoms with Crippen LogP contribution in [0.25, 0.3) is 0 Å². The van der Waals surface area contributed by atoms with E-state index in [1.807, 2.05) is 31.2 Å². The number of hydrogen-bond acceptors (Lipinski definition) is 7. The van der Waals surface area contributed by atoms with Gasteiger partial charge in [-0.2, -0.15) is 0 Å². The Kier molecular flexibility index (Phi) is 5.47. The van der Waals surface area contributed by atoms with Crippen molar-refractivity contribution in [1.82, 2.24) is 10.2 Å². The van der Waals surface area contributed by atoms with E-state index in [-0.39, 0.29) is 28.2 Å². The summed E-state index contributed by atoms with van der Waals surface area (Å²) in [6.45, 7) is 4.05. The Balaban J connectivity index is 1.49. The van der Waals surface area contributed by atoms with Crippen LogP contribution in [0.3, 0.4) is 0 Å². The molecule has 3 aromatic rings. The molecule has 31 heavy (non-hydrogen) atoms. The van der Waals surface area contributed by atoms with Gasteiger partial charge >= 0.3 is 0 Å². The maximum Gasteiger partial charge on any atom is 0.285 e. The second-order valence-electron chi connectivity index (χ2n) is 7.37. The summed E-state index contributed by atoms with van der Waals surface area (Å²) in [6.07, 6.45) is 0.305. The minimum Gasteiger partial charge on any atom is -0.312 e. The number of aromatic nitrogens is 2. The molecule has 1 aliphatic rings. The molecule has 1 N–H and O–H groups in total. The summed E-state index contributed by atoms with van der Waals surface area (Å²) >= 11 is 1.17. The van der Waals surface area contributed by atoms with Crippen molar-refractivity contribution in [3.05, 3.63) is 74.3 Å². The van der Waals surface area contributed by atoms with Crippen molar-refractivity contribution in [3.8, 4) is 0 Å². The van der Waals surface area contributed by atoms with Gasteiger partial charge in [0.05, 0.1) is 4.92 Å². The molecule has 1 saturated heterocycles. The van der Waals surface area contributed by atoms with Gasteiger partial charge < -0.3 is 4.90 Å².